The predicted molar refractivity (Wildman–Crippen MR) is 109 cm³/mol. The van der Waals surface area contributed by atoms with E-state index in [0.717, 1.165) is 22.8 Å². The first-order chi connectivity index (χ1) is 13.2. The quantitative estimate of drug-likeness (QED) is 0.494. The molecule has 0 saturated heterocycles. The molecule has 0 aliphatic heterocycles. The first-order valence-corrected chi connectivity index (χ1v) is 8.91. The summed E-state index contributed by atoms with van der Waals surface area (Å²) >= 11 is 0. The summed E-state index contributed by atoms with van der Waals surface area (Å²) in [6, 6.07) is 20.7. The highest BCUT2D eigenvalue weighted by Gasteiger charge is 2.07. The van der Waals surface area contributed by atoms with Crippen LogP contribution >= 0.6 is 0 Å². The van der Waals surface area contributed by atoms with E-state index in [0.29, 0.717) is 17.9 Å². The molecule has 4 heteroatoms. The van der Waals surface area contributed by atoms with Gasteiger partial charge in [-0.3, -0.25) is 4.79 Å². The van der Waals surface area contributed by atoms with Crippen LogP contribution in [0.15, 0.2) is 72.8 Å². The molecule has 0 radical (unpaired) electrons. The zero-order valence-corrected chi connectivity index (χ0v) is 15.1. The number of ether oxygens (including phenoxy) is 1. The molecule has 0 unspecified atom stereocenters. The second kappa shape index (κ2) is 8.81. The maximum atomic E-state index is 12.2. The number of esters is 1. The van der Waals surface area contributed by atoms with E-state index >= 15 is 0 Å². The number of carbonyl (C=O) groups is 2. The maximum Gasteiger partial charge on any atom is 0.338 e. The molecule has 4 nitrogen and oxygen atoms in total. The van der Waals surface area contributed by atoms with Gasteiger partial charge in [-0.15, -0.1) is 0 Å². The van der Waals surface area contributed by atoms with Gasteiger partial charge in [0.1, 0.15) is 0 Å². The van der Waals surface area contributed by atoms with E-state index in [1.807, 2.05) is 49.4 Å². The van der Waals surface area contributed by atoms with Crippen LogP contribution in [0.4, 0.5) is 5.69 Å². The van der Waals surface area contributed by atoms with Gasteiger partial charge in [-0.2, -0.15) is 0 Å². The van der Waals surface area contributed by atoms with Crippen molar-refractivity contribution < 1.29 is 14.3 Å². The molecule has 3 rings (SSSR count). The van der Waals surface area contributed by atoms with Gasteiger partial charge in [-0.25, -0.2) is 4.79 Å². The SMILES string of the molecule is CCCOC(=O)c1ccc(NC(=O)C=Cc2cccc3ccccc23)cc1. The third-order valence-corrected chi connectivity index (χ3v) is 4.06. The Labute approximate surface area is 158 Å². The van der Waals surface area contributed by atoms with Crippen LogP contribution < -0.4 is 5.32 Å². The summed E-state index contributed by atoms with van der Waals surface area (Å²) in [6.07, 6.45) is 4.09. The summed E-state index contributed by atoms with van der Waals surface area (Å²) in [6.45, 7) is 2.34. The molecule has 136 valence electrons. The van der Waals surface area contributed by atoms with Gasteiger partial charge in [-0.1, -0.05) is 49.4 Å². The Bertz CT molecular complexity index is 969. The smallest absolute Gasteiger partial charge is 0.338 e. The van der Waals surface area contributed by atoms with Crippen LogP contribution in [0.2, 0.25) is 0 Å². The molecule has 0 aromatic heterocycles. The Morgan fingerprint density at radius 2 is 1.70 bits per heavy atom. The normalized spacial score (nSPS) is 10.9. The number of fused-ring (bicyclic) bond motifs is 1. The van der Waals surface area contributed by atoms with Gasteiger partial charge in [0.05, 0.1) is 12.2 Å². The minimum Gasteiger partial charge on any atom is -0.462 e. The molecule has 0 heterocycles. The molecule has 0 saturated carbocycles. The predicted octanol–water partition coefficient (Wildman–Crippen LogP) is 5.06. The van der Waals surface area contributed by atoms with Crippen molar-refractivity contribution in [1.82, 2.24) is 0 Å². The summed E-state index contributed by atoms with van der Waals surface area (Å²) in [4.78, 5) is 24.0. The molecule has 0 bridgehead atoms. The topological polar surface area (TPSA) is 55.4 Å². The molecule has 27 heavy (non-hydrogen) atoms. The molecule has 0 fully saturated rings. The molecule has 0 aliphatic rings. The van der Waals surface area contributed by atoms with Crippen molar-refractivity contribution in [2.75, 3.05) is 11.9 Å². The number of rotatable bonds is 6. The lowest BCUT2D eigenvalue weighted by Gasteiger charge is -2.05. The number of hydrogen-bond acceptors (Lipinski definition) is 3. The van der Waals surface area contributed by atoms with Crippen LogP contribution in [0.25, 0.3) is 16.8 Å². The summed E-state index contributed by atoms with van der Waals surface area (Å²) in [5, 5.41) is 5.02. The van der Waals surface area contributed by atoms with Crippen molar-refractivity contribution in [2.24, 2.45) is 0 Å². The fourth-order valence-corrected chi connectivity index (χ4v) is 2.71. The Balaban J connectivity index is 1.65. The van der Waals surface area contributed by atoms with E-state index in [4.69, 9.17) is 4.74 Å². The standard InChI is InChI=1S/C23H21NO3/c1-2-16-27-23(26)19-10-13-20(14-11-19)24-22(25)15-12-18-8-5-7-17-6-3-4-9-21(17)18/h3-15H,2,16H2,1H3,(H,24,25). The monoisotopic (exact) mass is 359 g/mol. The summed E-state index contributed by atoms with van der Waals surface area (Å²) in [5.74, 6) is -0.588. The molecular weight excluding hydrogens is 338 g/mol. The zero-order valence-electron chi connectivity index (χ0n) is 15.1. The first-order valence-electron chi connectivity index (χ1n) is 8.91. The molecule has 3 aromatic rings. The van der Waals surface area contributed by atoms with Crippen molar-refractivity contribution in [3.05, 3.63) is 83.9 Å². The van der Waals surface area contributed by atoms with Crippen LogP contribution in [0, 0.1) is 0 Å². The molecular formula is C23H21NO3. The molecule has 1 amide bonds. The van der Waals surface area contributed by atoms with E-state index in [1.165, 1.54) is 6.08 Å². The number of anilines is 1. The Hall–Kier alpha value is -3.40. The average Bonchev–Trinajstić information content (AvgIpc) is 2.71. The van der Waals surface area contributed by atoms with E-state index in [-0.39, 0.29) is 11.9 Å². The van der Waals surface area contributed by atoms with E-state index in [2.05, 4.69) is 5.32 Å². The molecule has 0 atom stereocenters. The van der Waals surface area contributed by atoms with Gasteiger partial charge in [0.15, 0.2) is 0 Å². The number of nitrogens with one attached hydrogen (secondary N) is 1. The van der Waals surface area contributed by atoms with Gasteiger partial charge in [-0.05, 0) is 53.1 Å². The van der Waals surface area contributed by atoms with E-state index < -0.39 is 0 Å². The number of amides is 1. The summed E-state index contributed by atoms with van der Waals surface area (Å²) in [7, 11) is 0. The largest absolute Gasteiger partial charge is 0.462 e. The lowest BCUT2D eigenvalue weighted by Crippen LogP contribution is -2.09. The maximum absolute atomic E-state index is 12.2. The van der Waals surface area contributed by atoms with Gasteiger partial charge in [0.2, 0.25) is 5.91 Å². The van der Waals surface area contributed by atoms with Crippen molar-refractivity contribution in [2.45, 2.75) is 13.3 Å². The van der Waals surface area contributed by atoms with E-state index in [1.54, 1.807) is 30.3 Å². The summed E-state index contributed by atoms with van der Waals surface area (Å²) < 4.78 is 5.08. The molecule has 0 aliphatic carbocycles. The number of benzene rings is 3. The molecule has 1 N–H and O–H groups in total. The third-order valence-electron chi connectivity index (χ3n) is 4.06. The minimum atomic E-state index is -0.356. The van der Waals surface area contributed by atoms with Crippen molar-refractivity contribution >= 4 is 34.4 Å². The fourth-order valence-electron chi connectivity index (χ4n) is 2.71. The Morgan fingerprint density at radius 1 is 0.963 bits per heavy atom. The van der Waals surface area contributed by atoms with Gasteiger partial charge < -0.3 is 10.1 Å². The lowest BCUT2D eigenvalue weighted by molar-refractivity contribution is -0.111. The van der Waals surface area contributed by atoms with E-state index in [9.17, 15) is 9.59 Å². The van der Waals surface area contributed by atoms with Gasteiger partial charge in [0.25, 0.3) is 0 Å². The van der Waals surface area contributed by atoms with Crippen molar-refractivity contribution in [1.29, 1.82) is 0 Å². The molecule has 3 aromatic carbocycles. The fraction of sp³-hybridized carbons (Fsp3) is 0.130. The van der Waals surface area contributed by atoms with Gasteiger partial charge >= 0.3 is 5.97 Å². The van der Waals surface area contributed by atoms with Crippen LogP contribution in [0.1, 0.15) is 29.3 Å². The third kappa shape index (κ3) is 4.82. The zero-order chi connectivity index (χ0) is 19.1. The van der Waals surface area contributed by atoms with Crippen LogP contribution in [-0.2, 0) is 9.53 Å². The first kappa shape index (κ1) is 18.4. The van der Waals surface area contributed by atoms with Crippen LogP contribution in [0.3, 0.4) is 0 Å². The van der Waals surface area contributed by atoms with Crippen molar-refractivity contribution in [3.63, 3.8) is 0 Å². The molecule has 0 spiro atoms. The highest BCUT2D eigenvalue weighted by Crippen LogP contribution is 2.19. The highest BCUT2D eigenvalue weighted by atomic mass is 16.5. The summed E-state index contributed by atoms with van der Waals surface area (Å²) in [5.41, 5.74) is 2.07. The Morgan fingerprint density at radius 3 is 2.48 bits per heavy atom. The second-order valence-corrected chi connectivity index (χ2v) is 6.10. The number of hydrogen-bond donors (Lipinski definition) is 1. The second-order valence-electron chi connectivity index (χ2n) is 6.10. The highest BCUT2D eigenvalue weighted by molar-refractivity contribution is 6.03. The van der Waals surface area contributed by atoms with Crippen LogP contribution in [0.5, 0.6) is 0 Å². The average molecular weight is 359 g/mol. The van der Waals surface area contributed by atoms with Crippen LogP contribution in [-0.4, -0.2) is 18.5 Å². The van der Waals surface area contributed by atoms with Crippen molar-refractivity contribution in [3.8, 4) is 0 Å². The minimum absolute atomic E-state index is 0.232. The lowest BCUT2D eigenvalue weighted by atomic mass is 10.0. The van der Waals surface area contributed by atoms with Gasteiger partial charge in [0, 0.05) is 11.8 Å². The Kier molecular flexibility index (Phi) is 6.00. The number of carbonyl (C=O) groups excluding carboxylic acids is 2.